The molecule has 0 aliphatic rings. The maximum absolute atomic E-state index is 12.6. The third kappa shape index (κ3) is 3.66. The molecule has 3 rings (SSSR count). The van der Waals surface area contributed by atoms with Crippen molar-refractivity contribution in [3.05, 3.63) is 81.6 Å². The number of aryl methyl sites for hydroxylation is 2. The van der Waals surface area contributed by atoms with Crippen LogP contribution in [0.1, 0.15) is 16.8 Å². The Morgan fingerprint density at radius 1 is 1.00 bits per heavy atom. The highest BCUT2D eigenvalue weighted by molar-refractivity contribution is 7.90. The predicted molar refractivity (Wildman–Crippen MR) is 96.5 cm³/mol. The van der Waals surface area contributed by atoms with Gasteiger partial charge in [-0.05, 0) is 31.5 Å². The lowest BCUT2D eigenvalue weighted by Gasteiger charge is -2.06. The minimum atomic E-state index is -3.72. The number of sulfonamides is 1. The molecule has 3 aromatic rings. The van der Waals surface area contributed by atoms with Crippen LogP contribution in [0.15, 0.2) is 69.3 Å². The first kappa shape index (κ1) is 16.7. The normalized spacial score (nSPS) is 12.5. The zero-order valence-corrected chi connectivity index (χ0v) is 15.1. The average Bonchev–Trinajstić information content (AvgIpc) is 2.89. The molecule has 0 fully saturated rings. The second-order valence-corrected chi connectivity index (χ2v) is 8.05. The third-order valence-corrected chi connectivity index (χ3v) is 6.07. The Balaban J connectivity index is 2.03. The Labute approximate surface area is 145 Å². The van der Waals surface area contributed by atoms with Crippen molar-refractivity contribution in [3.63, 3.8) is 0 Å². The maximum atomic E-state index is 12.6. The molecule has 0 saturated heterocycles. The largest absolute Gasteiger partial charge is 0.316 e. The molecule has 6 heteroatoms. The lowest BCUT2D eigenvalue weighted by Crippen LogP contribution is -2.19. The summed E-state index contributed by atoms with van der Waals surface area (Å²) in [6.45, 7) is 4.47. The molecule has 0 aliphatic carbocycles. The van der Waals surface area contributed by atoms with Crippen molar-refractivity contribution in [1.29, 1.82) is 0 Å². The molecule has 0 radical (unpaired) electrons. The summed E-state index contributed by atoms with van der Waals surface area (Å²) in [4.78, 5) is 0.697. The van der Waals surface area contributed by atoms with Crippen LogP contribution < -0.4 is 4.80 Å². The van der Waals surface area contributed by atoms with Crippen LogP contribution in [-0.4, -0.2) is 13.0 Å². The first-order valence-electron chi connectivity index (χ1n) is 7.52. The Morgan fingerprint density at radius 2 is 1.67 bits per heavy atom. The van der Waals surface area contributed by atoms with E-state index in [0.29, 0.717) is 11.3 Å². The molecule has 0 amide bonds. The van der Waals surface area contributed by atoms with E-state index >= 15 is 0 Å². The number of aromatic nitrogens is 1. The van der Waals surface area contributed by atoms with Crippen molar-refractivity contribution in [2.75, 3.05) is 0 Å². The molecular weight excluding hydrogens is 340 g/mol. The van der Waals surface area contributed by atoms with Gasteiger partial charge in [0, 0.05) is 11.1 Å². The van der Waals surface area contributed by atoms with Crippen LogP contribution in [0, 0.1) is 13.8 Å². The van der Waals surface area contributed by atoms with E-state index in [1.165, 1.54) is 11.3 Å². The topological polar surface area (TPSA) is 51.4 Å². The monoisotopic (exact) mass is 358 g/mol. The van der Waals surface area contributed by atoms with Gasteiger partial charge in [-0.25, -0.2) is 0 Å². The molecular formula is C18H18N2O2S2. The van der Waals surface area contributed by atoms with Gasteiger partial charge >= 0.3 is 0 Å². The molecule has 4 nitrogen and oxygen atoms in total. The summed E-state index contributed by atoms with van der Waals surface area (Å²) >= 11 is 1.34. The van der Waals surface area contributed by atoms with Gasteiger partial charge in [0.1, 0.15) is 0 Å². The van der Waals surface area contributed by atoms with Gasteiger partial charge < -0.3 is 4.57 Å². The van der Waals surface area contributed by atoms with Crippen molar-refractivity contribution in [2.24, 2.45) is 4.40 Å². The van der Waals surface area contributed by atoms with Crippen LogP contribution in [-0.2, 0) is 16.6 Å². The lowest BCUT2D eigenvalue weighted by atomic mass is 10.2. The highest BCUT2D eigenvalue weighted by Crippen LogP contribution is 2.13. The zero-order valence-electron chi connectivity index (χ0n) is 13.5. The van der Waals surface area contributed by atoms with Crippen molar-refractivity contribution in [1.82, 2.24) is 4.57 Å². The average molecular weight is 358 g/mol. The molecule has 1 aromatic heterocycles. The van der Waals surface area contributed by atoms with Crippen LogP contribution in [0.4, 0.5) is 0 Å². The van der Waals surface area contributed by atoms with Crippen LogP contribution >= 0.6 is 11.3 Å². The quantitative estimate of drug-likeness (QED) is 0.717. The van der Waals surface area contributed by atoms with E-state index in [4.69, 9.17) is 0 Å². The first-order valence-corrected chi connectivity index (χ1v) is 9.84. The van der Waals surface area contributed by atoms with E-state index < -0.39 is 10.0 Å². The van der Waals surface area contributed by atoms with E-state index in [1.807, 2.05) is 54.1 Å². The fraction of sp³-hybridized carbons (Fsp3) is 0.167. The van der Waals surface area contributed by atoms with Gasteiger partial charge in [-0.3, -0.25) is 0 Å². The van der Waals surface area contributed by atoms with Crippen LogP contribution in [0.25, 0.3) is 0 Å². The molecule has 0 atom stereocenters. The Kier molecular flexibility index (Phi) is 4.69. The van der Waals surface area contributed by atoms with Crippen molar-refractivity contribution >= 4 is 21.4 Å². The van der Waals surface area contributed by atoms with Gasteiger partial charge in [-0.1, -0.05) is 48.0 Å². The van der Waals surface area contributed by atoms with E-state index in [9.17, 15) is 8.42 Å². The SMILES string of the molecule is Cc1ccc(S(=O)(=O)/N=c2\scc(C)n2Cc2ccccc2)cc1. The minimum absolute atomic E-state index is 0.213. The summed E-state index contributed by atoms with van der Waals surface area (Å²) in [6.07, 6.45) is 0. The summed E-state index contributed by atoms with van der Waals surface area (Å²) in [5.74, 6) is 0. The molecule has 124 valence electrons. The molecule has 0 bridgehead atoms. The summed E-state index contributed by atoms with van der Waals surface area (Å²) in [7, 11) is -3.72. The second kappa shape index (κ2) is 6.75. The molecule has 1 heterocycles. The number of hydrogen-bond acceptors (Lipinski definition) is 3. The zero-order chi connectivity index (χ0) is 17.2. The third-order valence-electron chi connectivity index (χ3n) is 3.69. The van der Waals surface area contributed by atoms with E-state index in [-0.39, 0.29) is 4.90 Å². The second-order valence-electron chi connectivity index (χ2n) is 5.61. The molecule has 2 aromatic carbocycles. The summed E-state index contributed by atoms with van der Waals surface area (Å²) in [5, 5.41) is 1.92. The van der Waals surface area contributed by atoms with Crippen LogP contribution in [0.2, 0.25) is 0 Å². The molecule has 0 aliphatic heterocycles. The number of hydrogen-bond donors (Lipinski definition) is 0. The van der Waals surface area contributed by atoms with E-state index in [1.54, 1.807) is 24.3 Å². The molecule has 0 saturated carbocycles. The summed E-state index contributed by atoms with van der Waals surface area (Å²) in [5.41, 5.74) is 3.11. The van der Waals surface area contributed by atoms with Crippen molar-refractivity contribution in [3.8, 4) is 0 Å². The highest BCUT2D eigenvalue weighted by atomic mass is 32.2. The van der Waals surface area contributed by atoms with Crippen LogP contribution in [0.3, 0.4) is 0 Å². The van der Waals surface area contributed by atoms with Gasteiger partial charge in [0.15, 0.2) is 0 Å². The Bertz CT molecular complexity index is 999. The van der Waals surface area contributed by atoms with E-state index in [0.717, 1.165) is 16.8 Å². The highest BCUT2D eigenvalue weighted by Gasteiger charge is 2.13. The minimum Gasteiger partial charge on any atom is -0.316 e. The molecule has 24 heavy (non-hydrogen) atoms. The predicted octanol–water partition coefficient (Wildman–Crippen LogP) is 3.50. The van der Waals surface area contributed by atoms with Crippen molar-refractivity contribution in [2.45, 2.75) is 25.3 Å². The van der Waals surface area contributed by atoms with E-state index in [2.05, 4.69) is 4.40 Å². The smallest absolute Gasteiger partial charge is 0.285 e. The molecule has 0 unspecified atom stereocenters. The lowest BCUT2D eigenvalue weighted by molar-refractivity contribution is 0.595. The van der Waals surface area contributed by atoms with Gasteiger partial charge in [-0.15, -0.1) is 15.7 Å². The number of benzene rings is 2. The number of rotatable bonds is 4. The molecule has 0 spiro atoms. The Hall–Kier alpha value is -2.18. The number of thiazole rings is 1. The Morgan fingerprint density at radius 3 is 2.33 bits per heavy atom. The van der Waals surface area contributed by atoms with Crippen molar-refractivity contribution < 1.29 is 8.42 Å². The standard InChI is InChI=1S/C18H18N2O2S2/c1-14-8-10-17(11-9-14)24(21,22)19-18-20(15(2)13-23-18)12-16-6-4-3-5-7-16/h3-11,13H,12H2,1-2H3/b19-18-. The van der Waals surface area contributed by atoms with Gasteiger partial charge in [0.05, 0.1) is 11.4 Å². The maximum Gasteiger partial charge on any atom is 0.285 e. The van der Waals surface area contributed by atoms with Gasteiger partial charge in [0.2, 0.25) is 4.80 Å². The summed E-state index contributed by atoms with van der Waals surface area (Å²) in [6, 6.07) is 16.7. The van der Waals surface area contributed by atoms with Gasteiger partial charge in [0.25, 0.3) is 10.0 Å². The fourth-order valence-corrected chi connectivity index (χ4v) is 4.41. The first-order chi connectivity index (χ1) is 11.5. The number of nitrogens with zero attached hydrogens (tertiary/aromatic N) is 2. The van der Waals surface area contributed by atoms with Gasteiger partial charge in [-0.2, -0.15) is 8.42 Å². The van der Waals surface area contributed by atoms with Crippen LogP contribution in [0.5, 0.6) is 0 Å². The summed E-state index contributed by atoms with van der Waals surface area (Å²) < 4.78 is 31.1. The fourth-order valence-electron chi connectivity index (χ4n) is 2.31. The molecule has 0 N–H and O–H groups in total.